The molecule has 1 aliphatic heterocycles. The summed E-state index contributed by atoms with van der Waals surface area (Å²) >= 11 is 0. The van der Waals surface area contributed by atoms with Gasteiger partial charge in [0.2, 0.25) is 11.8 Å². The van der Waals surface area contributed by atoms with Crippen LogP contribution in [0.15, 0.2) is 4.52 Å². The van der Waals surface area contributed by atoms with Gasteiger partial charge in [-0.25, -0.2) is 4.79 Å². The summed E-state index contributed by atoms with van der Waals surface area (Å²) in [5, 5.41) is 3.75. The van der Waals surface area contributed by atoms with Gasteiger partial charge >= 0.3 is 6.03 Å². The molecule has 1 atom stereocenters. The van der Waals surface area contributed by atoms with Crippen LogP contribution in [0.3, 0.4) is 0 Å². The fourth-order valence-corrected chi connectivity index (χ4v) is 2.81. The van der Waals surface area contributed by atoms with Gasteiger partial charge in [-0.15, -0.1) is 0 Å². The first kappa shape index (κ1) is 17.2. The minimum Gasteiger partial charge on any atom is -0.337 e. The van der Waals surface area contributed by atoms with Gasteiger partial charge in [0.25, 0.3) is 0 Å². The second-order valence-electron chi connectivity index (χ2n) is 6.05. The van der Waals surface area contributed by atoms with E-state index in [0.29, 0.717) is 37.9 Å². The molecule has 0 aliphatic carbocycles. The van der Waals surface area contributed by atoms with Crippen molar-refractivity contribution in [2.45, 2.75) is 33.2 Å². The van der Waals surface area contributed by atoms with Crippen molar-refractivity contribution in [2.75, 3.05) is 33.7 Å². The van der Waals surface area contributed by atoms with Gasteiger partial charge in [0.05, 0.1) is 12.5 Å². The van der Waals surface area contributed by atoms with Crippen LogP contribution in [0.5, 0.6) is 0 Å². The molecule has 1 saturated heterocycles. The Labute approximate surface area is 136 Å². The summed E-state index contributed by atoms with van der Waals surface area (Å²) in [4.78, 5) is 34.0. The van der Waals surface area contributed by atoms with Crippen LogP contribution in [0.1, 0.15) is 31.5 Å². The number of carbonyl (C=O) groups is 2. The summed E-state index contributed by atoms with van der Waals surface area (Å²) in [6, 6.07) is -0.0434. The Balaban J connectivity index is 2.00. The molecule has 8 nitrogen and oxygen atoms in total. The highest BCUT2D eigenvalue weighted by Crippen LogP contribution is 2.20. The van der Waals surface area contributed by atoms with Crippen molar-refractivity contribution in [1.82, 2.24) is 24.8 Å². The van der Waals surface area contributed by atoms with E-state index in [2.05, 4.69) is 10.1 Å². The molecule has 0 bridgehead atoms. The van der Waals surface area contributed by atoms with E-state index in [-0.39, 0.29) is 17.9 Å². The van der Waals surface area contributed by atoms with Crippen molar-refractivity contribution < 1.29 is 14.1 Å². The van der Waals surface area contributed by atoms with Crippen molar-refractivity contribution in [3.63, 3.8) is 0 Å². The zero-order chi connectivity index (χ0) is 17.0. The summed E-state index contributed by atoms with van der Waals surface area (Å²) in [5.41, 5.74) is 0. The molecule has 2 heterocycles. The maximum atomic E-state index is 12.8. The first-order valence-corrected chi connectivity index (χ1v) is 7.96. The molecule has 3 amide bonds. The molecule has 0 spiro atoms. The normalized spacial score (nSPS) is 17.9. The summed E-state index contributed by atoms with van der Waals surface area (Å²) in [6.07, 6.45) is 1.64. The summed E-state index contributed by atoms with van der Waals surface area (Å²) < 4.78 is 5.10. The third kappa shape index (κ3) is 4.20. The molecular formula is C15H25N5O3. The number of likely N-dealkylation sites (tertiary alicyclic amines) is 1. The fourth-order valence-electron chi connectivity index (χ4n) is 2.81. The zero-order valence-corrected chi connectivity index (χ0v) is 14.3. The molecule has 23 heavy (non-hydrogen) atoms. The first-order chi connectivity index (χ1) is 10.9. The van der Waals surface area contributed by atoms with Crippen LogP contribution < -0.4 is 0 Å². The van der Waals surface area contributed by atoms with Gasteiger partial charge in [-0.2, -0.15) is 4.98 Å². The quantitative estimate of drug-likeness (QED) is 0.829. The lowest BCUT2D eigenvalue weighted by Gasteiger charge is -2.35. The lowest BCUT2D eigenvalue weighted by atomic mass is 9.96. The minimum absolute atomic E-state index is 0.0413. The van der Waals surface area contributed by atoms with E-state index in [9.17, 15) is 9.59 Å². The van der Waals surface area contributed by atoms with Gasteiger partial charge < -0.3 is 19.2 Å². The molecule has 1 aliphatic rings. The molecule has 1 unspecified atom stereocenters. The molecule has 1 aromatic heterocycles. The predicted octanol–water partition coefficient (Wildman–Crippen LogP) is 1.12. The largest absolute Gasteiger partial charge is 0.337 e. The molecule has 2 rings (SSSR count). The molecule has 0 radical (unpaired) electrons. The maximum Gasteiger partial charge on any atom is 0.319 e. The van der Waals surface area contributed by atoms with Crippen LogP contribution >= 0.6 is 0 Å². The number of urea groups is 1. The fraction of sp³-hybridized carbons (Fsp3) is 0.733. The Bertz CT molecular complexity index is 557. The molecular weight excluding hydrogens is 298 g/mol. The van der Waals surface area contributed by atoms with E-state index in [1.54, 1.807) is 35.7 Å². The Morgan fingerprint density at radius 3 is 2.70 bits per heavy atom. The number of amides is 3. The second-order valence-corrected chi connectivity index (χ2v) is 6.05. The van der Waals surface area contributed by atoms with Crippen LogP contribution in [0.4, 0.5) is 4.79 Å². The third-order valence-electron chi connectivity index (χ3n) is 4.01. The number of nitrogens with zero attached hydrogens (tertiary/aromatic N) is 5. The maximum absolute atomic E-state index is 12.8. The lowest BCUT2D eigenvalue weighted by Crippen LogP contribution is -2.49. The SMILES string of the molecule is CCN(Cc1nc(C)no1)C(=O)C1CCCN(C(=O)N(C)C)C1. The van der Waals surface area contributed by atoms with Gasteiger partial charge in [-0.05, 0) is 26.7 Å². The number of hydrogen-bond acceptors (Lipinski definition) is 5. The van der Waals surface area contributed by atoms with Gasteiger partial charge in [0.15, 0.2) is 5.82 Å². The molecule has 1 aromatic rings. The highest BCUT2D eigenvalue weighted by Gasteiger charge is 2.31. The predicted molar refractivity (Wildman–Crippen MR) is 83.5 cm³/mol. The molecule has 8 heteroatoms. The van der Waals surface area contributed by atoms with Crippen molar-refractivity contribution >= 4 is 11.9 Å². The third-order valence-corrected chi connectivity index (χ3v) is 4.01. The summed E-state index contributed by atoms with van der Waals surface area (Å²) in [6.45, 7) is 5.72. The highest BCUT2D eigenvalue weighted by molar-refractivity contribution is 5.80. The summed E-state index contributed by atoms with van der Waals surface area (Å²) in [5.74, 6) is 0.870. The van der Waals surface area contributed by atoms with Crippen molar-refractivity contribution in [3.05, 3.63) is 11.7 Å². The second kappa shape index (κ2) is 7.43. The molecule has 1 fully saturated rings. The van der Waals surface area contributed by atoms with Gasteiger partial charge in [0.1, 0.15) is 0 Å². The average Bonchev–Trinajstić information content (AvgIpc) is 2.96. The van der Waals surface area contributed by atoms with Crippen LogP contribution in [0.2, 0.25) is 0 Å². The number of rotatable bonds is 4. The molecule has 0 aromatic carbocycles. The van der Waals surface area contributed by atoms with E-state index in [0.717, 1.165) is 12.8 Å². The summed E-state index contributed by atoms with van der Waals surface area (Å²) in [7, 11) is 3.45. The van der Waals surface area contributed by atoms with E-state index >= 15 is 0 Å². The van der Waals surface area contributed by atoms with Gasteiger partial charge in [-0.3, -0.25) is 4.79 Å². The van der Waals surface area contributed by atoms with Gasteiger partial charge in [0, 0.05) is 33.7 Å². The smallest absolute Gasteiger partial charge is 0.319 e. The Kier molecular flexibility index (Phi) is 5.57. The topological polar surface area (TPSA) is 82.8 Å². The van der Waals surface area contributed by atoms with Gasteiger partial charge in [-0.1, -0.05) is 5.16 Å². The molecule has 0 N–H and O–H groups in total. The number of piperidine rings is 1. The molecule has 128 valence electrons. The number of aryl methyl sites for hydroxylation is 1. The monoisotopic (exact) mass is 323 g/mol. The van der Waals surface area contributed by atoms with E-state index in [1.807, 2.05) is 6.92 Å². The Hall–Kier alpha value is -2.12. The van der Waals surface area contributed by atoms with E-state index in [4.69, 9.17) is 4.52 Å². The van der Waals surface area contributed by atoms with Crippen molar-refractivity contribution in [3.8, 4) is 0 Å². The number of hydrogen-bond donors (Lipinski definition) is 0. The lowest BCUT2D eigenvalue weighted by molar-refractivity contribution is -0.137. The van der Waals surface area contributed by atoms with Crippen LogP contribution in [0.25, 0.3) is 0 Å². The molecule has 0 saturated carbocycles. The number of aromatic nitrogens is 2. The first-order valence-electron chi connectivity index (χ1n) is 7.96. The standard InChI is InChI=1S/C15H25N5O3/c1-5-19(10-13-16-11(2)17-23-13)14(21)12-7-6-8-20(9-12)15(22)18(3)4/h12H,5-10H2,1-4H3. The average molecular weight is 323 g/mol. The van der Waals surface area contributed by atoms with Crippen LogP contribution in [-0.4, -0.2) is 70.5 Å². The van der Waals surface area contributed by atoms with Crippen LogP contribution in [-0.2, 0) is 11.3 Å². The highest BCUT2D eigenvalue weighted by atomic mass is 16.5. The van der Waals surface area contributed by atoms with E-state index < -0.39 is 0 Å². The zero-order valence-electron chi connectivity index (χ0n) is 14.3. The minimum atomic E-state index is -0.170. The van der Waals surface area contributed by atoms with E-state index in [1.165, 1.54) is 0 Å². The Morgan fingerprint density at radius 2 is 2.13 bits per heavy atom. The van der Waals surface area contributed by atoms with Crippen molar-refractivity contribution in [2.24, 2.45) is 5.92 Å². The van der Waals surface area contributed by atoms with Crippen LogP contribution in [0, 0.1) is 12.8 Å². The Morgan fingerprint density at radius 1 is 1.39 bits per heavy atom. The van der Waals surface area contributed by atoms with Crippen molar-refractivity contribution in [1.29, 1.82) is 0 Å². The number of carbonyl (C=O) groups excluding carboxylic acids is 2.